The van der Waals surface area contributed by atoms with Gasteiger partial charge in [0.2, 0.25) is 0 Å². The number of carbonyl (C=O) groups excluding carboxylic acids is 1. The molecule has 6 heteroatoms. The van der Waals surface area contributed by atoms with Crippen LogP contribution in [0.25, 0.3) is 0 Å². The van der Waals surface area contributed by atoms with Crippen LogP contribution in [0.1, 0.15) is 11.1 Å². The molecule has 1 aliphatic heterocycles. The minimum atomic E-state index is -0.531. The average molecular weight is 278 g/mol. The summed E-state index contributed by atoms with van der Waals surface area (Å²) in [5, 5.41) is 10.00. The highest BCUT2D eigenvalue weighted by atomic mass is 35.5. The van der Waals surface area contributed by atoms with Crippen LogP contribution in [0.2, 0.25) is 5.02 Å². The van der Waals surface area contributed by atoms with Crippen molar-refractivity contribution in [3.8, 4) is 5.75 Å². The number of halogens is 1. The first kappa shape index (κ1) is 12.0. The summed E-state index contributed by atoms with van der Waals surface area (Å²) in [5.74, 6) is 1.12. The number of aryl methyl sites for hydroxylation is 1. The van der Waals surface area contributed by atoms with Crippen molar-refractivity contribution < 1.29 is 9.53 Å². The van der Waals surface area contributed by atoms with Crippen LogP contribution in [0.4, 0.5) is 5.82 Å². The normalized spacial score (nSPS) is 16.8. The van der Waals surface area contributed by atoms with Gasteiger partial charge in [-0.15, -0.1) is 0 Å². The van der Waals surface area contributed by atoms with Crippen molar-refractivity contribution in [3.63, 3.8) is 0 Å². The van der Waals surface area contributed by atoms with Crippen LogP contribution in [0.3, 0.4) is 0 Å². The number of amides is 1. The number of hydrogen-bond acceptors (Lipinski definition) is 3. The zero-order chi connectivity index (χ0) is 13.4. The number of hydrogen-bond donors (Lipinski definition) is 2. The van der Waals surface area contributed by atoms with Gasteiger partial charge in [-0.1, -0.05) is 11.6 Å². The van der Waals surface area contributed by atoms with Crippen molar-refractivity contribution in [1.29, 1.82) is 0 Å². The summed E-state index contributed by atoms with van der Waals surface area (Å²) < 4.78 is 5.61. The number of H-pyrrole nitrogens is 1. The third-order valence-corrected chi connectivity index (χ3v) is 3.30. The molecule has 0 saturated carbocycles. The molecule has 0 aliphatic carbocycles. The van der Waals surface area contributed by atoms with Gasteiger partial charge < -0.3 is 10.1 Å². The number of aromatic amines is 1. The number of rotatable bonds is 2. The molecule has 5 nitrogen and oxygen atoms in total. The fraction of sp³-hybridized carbons (Fsp3) is 0.231. The molecule has 1 aromatic heterocycles. The van der Waals surface area contributed by atoms with Crippen molar-refractivity contribution in [2.75, 3.05) is 5.32 Å². The number of aromatic nitrogens is 2. The van der Waals surface area contributed by atoms with Gasteiger partial charge in [-0.25, -0.2) is 0 Å². The van der Waals surface area contributed by atoms with Crippen molar-refractivity contribution in [2.45, 2.75) is 19.4 Å². The van der Waals surface area contributed by atoms with E-state index >= 15 is 0 Å². The number of benzene rings is 1. The fourth-order valence-corrected chi connectivity index (χ4v) is 2.23. The van der Waals surface area contributed by atoms with Gasteiger partial charge in [-0.3, -0.25) is 9.89 Å². The minimum Gasteiger partial charge on any atom is -0.480 e. The van der Waals surface area contributed by atoms with E-state index in [-0.39, 0.29) is 5.91 Å². The lowest BCUT2D eigenvalue weighted by atomic mass is 10.1. The minimum absolute atomic E-state index is 0.195. The van der Waals surface area contributed by atoms with Crippen molar-refractivity contribution in [2.24, 2.45) is 0 Å². The molecule has 0 saturated heterocycles. The molecule has 0 bridgehead atoms. The molecule has 0 spiro atoms. The predicted octanol–water partition coefficient (Wildman–Crippen LogP) is 2.31. The molecular weight excluding hydrogens is 266 g/mol. The zero-order valence-corrected chi connectivity index (χ0v) is 11.0. The highest BCUT2D eigenvalue weighted by molar-refractivity contribution is 6.30. The van der Waals surface area contributed by atoms with Crippen molar-refractivity contribution in [3.05, 3.63) is 40.5 Å². The molecular formula is C13H12ClN3O2. The second-order valence-corrected chi connectivity index (χ2v) is 4.92. The molecule has 3 rings (SSSR count). The predicted molar refractivity (Wildman–Crippen MR) is 71.5 cm³/mol. The fourth-order valence-electron chi connectivity index (χ4n) is 2.04. The van der Waals surface area contributed by atoms with Crippen molar-refractivity contribution >= 4 is 23.3 Å². The third-order valence-electron chi connectivity index (χ3n) is 3.07. The van der Waals surface area contributed by atoms with Gasteiger partial charge in [0.1, 0.15) is 11.6 Å². The Morgan fingerprint density at radius 1 is 1.58 bits per heavy atom. The highest BCUT2D eigenvalue weighted by Crippen LogP contribution is 2.31. The summed E-state index contributed by atoms with van der Waals surface area (Å²) in [7, 11) is 0. The summed E-state index contributed by atoms with van der Waals surface area (Å²) in [6.07, 6.45) is 1.64. The first-order valence-electron chi connectivity index (χ1n) is 5.89. The molecule has 1 unspecified atom stereocenters. The lowest BCUT2D eigenvalue weighted by Crippen LogP contribution is -2.31. The van der Waals surface area contributed by atoms with E-state index in [2.05, 4.69) is 15.5 Å². The first-order chi connectivity index (χ1) is 9.13. The summed E-state index contributed by atoms with van der Waals surface area (Å²) in [6, 6.07) is 5.36. The van der Waals surface area contributed by atoms with Crippen molar-refractivity contribution in [1.82, 2.24) is 10.2 Å². The summed E-state index contributed by atoms with van der Waals surface area (Å²) in [4.78, 5) is 12.1. The smallest absolute Gasteiger partial charge is 0.266 e. The van der Waals surface area contributed by atoms with E-state index in [1.54, 1.807) is 18.3 Å². The monoisotopic (exact) mass is 277 g/mol. The van der Waals surface area contributed by atoms with E-state index < -0.39 is 6.10 Å². The molecule has 1 amide bonds. The van der Waals surface area contributed by atoms with Crippen LogP contribution >= 0.6 is 11.6 Å². The van der Waals surface area contributed by atoms with Crippen LogP contribution in [0.15, 0.2) is 24.4 Å². The molecule has 0 fully saturated rings. The molecule has 1 aromatic carbocycles. The quantitative estimate of drug-likeness (QED) is 0.885. The molecule has 1 aliphatic rings. The first-order valence-corrected chi connectivity index (χ1v) is 6.27. The number of nitrogens with zero attached hydrogens (tertiary/aromatic N) is 1. The maximum atomic E-state index is 12.1. The van der Waals surface area contributed by atoms with Crippen LogP contribution in [0.5, 0.6) is 5.75 Å². The van der Waals surface area contributed by atoms with E-state index in [1.165, 1.54) is 0 Å². The largest absolute Gasteiger partial charge is 0.480 e. The standard InChI is InChI=1S/C13H12ClN3O2/c1-7-6-15-17-12(7)16-13(18)11-5-8-4-9(14)2-3-10(8)19-11/h2-4,6,11H,5H2,1H3,(H2,15,16,17,18). The molecule has 1 atom stereocenters. The Hall–Kier alpha value is -2.01. The molecule has 2 heterocycles. The van der Waals surface area contributed by atoms with Gasteiger partial charge in [-0.2, -0.15) is 5.10 Å². The van der Waals surface area contributed by atoms with E-state index in [4.69, 9.17) is 16.3 Å². The maximum absolute atomic E-state index is 12.1. The molecule has 2 N–H and O–H groups in total. The van der Waals surface area contributed by atoms with Crippen LogP contribution < -0.4 is 10.1 Å². The lowest BCUT2D eigenvalue weighted by molar-refractivity contribution is -0.122. The average Bonchev–Trinajstić information content (AvgIpc) is 2.96. The van der Waals surface area contributed by atoms with E-state index in [0.29, 0.717) is 23.0 Å². The SMILES string of the molecule is Cc1cn[nH]c1NC(=O)C1Cc2cc(Cl)ccc2O1. The summed E-state index contributed by atoms with van der Waals surface area (Å²) in [5.41, 5.74) is 1.83. The van der Waals surface area contributed by atoms with Gasteiger partial charge in [0.05, 0.1) is 6.20 Å². The maximum Gasteiger partial charge on any atom is 0.266 e. The molecule has 2 aromatic rings. The van der Waals surface area contributed by atoms with Gasteiger partial charge in [0.25, 0.3) is 5.91 Å². The Bertz CT molecular complexity index is 639. The van der Waals surface area contributed by atoms with E-state index in [0.717, 1.165) is 11.1 Å². The number of anilines is 1. The Kier molecular flexibility index (Phi) is 2.91. The summed E-state index contributed by atoms with van der Waals surface area (Å²) >= 11 is 5.92. The third kappa shape index (κ3) is 2.29. The Balaban J connectivity index is 1.72. The second kappa shape index (κ2) is 4.59. The summed E-state index contributed by atoms with van der Waals surface area (Å²) in [6.45, 7) is 1.86. The zero-order valence-electron chi connectivity index (χ0n) is 10.2. The number of fused-ring (bicyclic) bond motifs is 1. The van der Waals surface area contributed by atoms with Crippen LogP contribution in [-0.2, 0) is 11.2 Å². The number of carbonyl (C=O) groups is 1. The van der Waals surface area contributed by atoms with Gasteiger partial charge in [0, 0.05) is 17.0 Å². The van der Waals surface area contributed by atoms with Gasteiger partial charge >= 0.3 is 0 Å². The number of ether oxygens (including phenoxy) is 1. The van der Waals surface area contributed by atoms with Crippen LogP contribution in [0, 0.1) is 6.92 Å². The Morgan fingerprint density at radius 2 is 2.42 bits per heavy atom. The topological polar surface area (TPSA) is 67.0 Å². The second-order valence-electron chi connectivity index (χ2n) is 4.48. The highest BCUT2D eigenvalue weighted by Gasteiger charge is 2.29. The molecule has 0 radical (unpaired) electrons. The van der Waals surface area contributed by atoms with E-state index in [1.807, 2.05) is 13.0 Å². The van der Waals surface area contributed by atoms with Gasteiger partial charge in [0.15, 0.2) is 6.10 Å². The van der Waals surface area contributed by atoms with E-state index in [9.17, 15) is 4.79 Å². The Morgan fingerprint density at radius 3 is 3.16 bits per heavy atom. The Labute approximate surface area is 114 Å². The molecule has 98 valence electrons. The van der Waals surface area contributed by atoms with Gasteiger partial charge in [-0.05, 0) is 30.7 Å². The lowest BCUT2D eigenvalue weighted by Gasteiger charge is -2.10. The molecule has 19 heavy (non-hydrogen) atoms. The number of nitrogens with one attached hydrogen (secondary N) is 2. The van der Waals surface area contributed by atoms with Crippen LogP contribution in [-0.4, -0.2) is 22.2 Å².